The summed E-state index contributed by atoms with van der Waals surface area (Å²) in [6, 6.07) is 6.50. The summed E-state index contributed by atoms with van der Waals surface area (Å²) in [5.41, 5.74) is 0.693. The summed E-state index contributed by atoms with van der Waals surface area (Å²) in [6.07, 6.45) is 4.62. The van der Waals surface area contributed by atoms with Gasteiger partial charge in [0, 0.05) is 23.5 Å². The summed E-state index contributed by atoms with van der Waals surface area (Å²) in [5.74, 6) is -2.20. The molecule has 0 aliphatic heterocycles. The van der Waals surface area contributed by atoms with Crippen molar-refractivity contribution >= 4 is 11.9 Å². The number of benzene rings is 1. The molecule has 24 heavy (non-hydrogen) atoms. The molecular formula is C18H17FN2O3. The summed E-state index contributed by atoms with van der Waals surface area (Å²) in [5, 5.41) is 11.8. The molecule has 5 nitrogen and oxygen atoms in total. The minimum absolute atomic E-state index is 0.0980. The molecule has 2 N–H and O–H groups in total. The Bertz CT molecular complexity index is 788. The van der Waals surface area contributed by atoms with Gasteiger partial charge in [0.15, 0.2) is 0 Å². The van der Waals surface area contributed by atoms with Crippen molar-refractivity contribution in [2.75, 3.05) is 0 Å². The summed E-state index contributed by atoms with van der Waals surface area (Å²) in [6.45, 7) is 1.82. The molecule has 1 unspecified atom stereocenters. The monoisotopic (exact) mass is 328 g/mol. The molecule has 1 atom stereocenters. The molecule has 6 heteroatoms. The second-order valence-electron chi connectivity index (χ2n) is 6.33. The fraction of sp³-hybridized carbons (Fsp3) is 0.278. The summed E-state index contributed by atoms with van der Waals surface area (Å²) in [4.78, 5) is 27.5. The zero-order valence-corrected chi connectivity index (χ0v) is 13.1. The Morgan fingerprint density at radius 2 is 1.92 bits per heavy atom. The Morgan fingerprint density at radius 3 is 2.46 bits per heavy atom. The van der Waals surface area contributed by atoms with Crippen LogP contribution in [-0.2, 0) is 4.79 Å². The Hall–Kier alpha value is -2.76. The first-order valence-electron chi connectivity index (χ1n) is 7.64. The van der Waals surface area contributed by atoms with Crippen LogP contribution in [0.25, 0.3) is 11.1 Å². The van der Waals surface area contributed by atoms with Gasteiger partial charge in [0.1, 0.15) is 11.9 Å². The van der Waals surface area contributed by atoms with E-state index in [0.29, 0.717) is 11.1 Å². The van der Waals surface area contributed by atoms with Crippen molar-refractivity contribution < 1.29 is 19.1 Å². The van der Waals surface area contributed by atoms with E-state index in [-0.39, 0.29) is 5.56 Å². The predicted octanol–water partition coefficient (Wildman–Crippen LogP) is 2.87. The summed E-state index contributed by atoms with van der Waals surface area (Å²) in [7, 11) is 0. The molecule has 1 amide bonds. The van der Waals surface area contributed by atoms with Crippen LogP contribution in [0.4, 0.5) is 4.39 Å². The number of hydrogen-bond acceptors (Lipinski definition) is 3. The molecule has 1 fully saturated rings. The number of aromatic nitrogens is 1. The van der Waals surface area contributed by atoms with E-state index in [1.54, 1.807) is 24.5 Å². The zero-order chi connectivity index (χ0) is 17.3. The number of aliphatic carboxylic acids is 1. The number of carboxylic acid groups (broad SMARTS) is 1. The quantitative estimate of drug-likeness (QED) is 0.884. The van der Waals surface area contributed by atoms with Crippen molar-refractivity contribution in [2.24, 2.45) is 5.41 Å². The number of rotatable bonds is 5. The molecular weight excluding hydrogens is 311 g/mol. The first kappa shape index (κ1) is 16.1. The third-order valence-electron chi connectivity index (χ3n) is 4.48. The number of carbonyl (C=O) groups is 2. The maximum absolute atomic E-state index is 14.3. The van der Waals surface area contributed by atoms with Crippen LogP contribution < -0.4 is 5.32 Å². The molecule has 124 valence electrons. The molecule has 0 bridgehead atoms. The van der Waals surface area contributed by atoms with Crippen molar-refractivity contribution in [1.29, 1.82) is 0 Å². The molecule has 1 heterocycles. The lowest BCUT2D eigenvalue weighted by Crippen LogP contribution is -2.46. The minimum Gasteiger partial charge on any atom is -0.480 e. The van der Waals surface area contributed by atoms with E-state index in [2.05, 4.69) is 10.3 Å². The smallest absolute Gasteiger partial charge is 0.326 e. The Labute approximate surface area is 138 Å². The van der Waals surface area contributed by atoms with E-state index in [0.717, 1.165) is 18.9 Å². The van der Waals surface area contributed by atoms with Crippen LogP contribution in [0.2, 0.25) is 0 Å². The largest absolute Gasteiger partial charge is 0.480 e. The van der Waals surface area contributed by atoms with Crippen molar-refractivity contribution in [2.45, 2.75) is 25.8 Å². The van der Waals surface area contributed by atoms with Gasteiger partial charge in [-0.25, -0.2) is 9.18 Å². The Morgan fingerprint density at radius 1 is 1.25 bits per heavy atom. The maximum Gasteiger partial charge on any atom is 0.326 e. The van der Waals surface area contributed by atoms with Crippen molar-refractivity contribution in [3.8, 4) is 11.1 Å². The first-order chi connectivity index (χ1) is 11.4. The van der Waals surface area contributed by atoms with Crippen LogP contribution in [0.1, 0.15) is 30.1 Å². The first-order valence-corrected chi connectivity index (χ1v) is 7.64. The number of nitrogens with one attached hydrogen (secondary N) is 1. The molecule has 1 saturated carbocycles. The lowest BCUT2D eigenvalue weighted by Gasteiger charge is -2.20. The van der Waals surface area contributed by atoms with Gasteiger partial charge < -0.3 is 10.4 Å². The fourth-order valence-corrected chi connectivity index (χ4v) is 2.66. The second kappa shape index (κ2) is 6.03. The van der Waals surface area contributed by atoms with E-state index in [4.69, 9.17) is 0 Å². The molecule has 1 aromatic carbocycles. The highest BCUT2D eigenvalue weighted by atomic mass is 19.1. The standard InChI is InChI=1S/C18H17FN2O3/c1-18(6-7-18)15(17(23)24)21-16(22)12-2-3-13(14(19)10-12)11-4-8-20-9-5-11/h2-5,8-10,15H,6-7H2,1H3,(H,21,22)(H,23,24). The van der Waals surface area contributed by atoms with Gasteiger partial charge in [-0.05, 0) is 48.1 Å². The topological polar surface area (TPSA) is 79.3 Å². The molecule has 0 spiro atoms. The number of amides is 1. The normalized spacial score (nSPS) is 16.2. The second-order valence-corrected chi connectivity index (χ2v) is 6.33. The fourth-order valence-electron chi connectivity index (χ4n) is 2.66. The highest BCUT2D eigenvalue weighted by molar-refractivity contribution is 5.97. The van der Waals surface area contributed by atoms with Gasteiger partial charge >= 0.3 is 5.97 Å². The van der Waals surface area contributed by atoms with Crippen LogP contribution in [0, 0.1) is 11.2 Å². The Kier molecular flexibility index (Phi) is 4.05. The lowest BCUT2D eigenvalue weighted by molar-refractivity contribution is -0.140. The van der Waals surface area contributed by atoms with Crippen molar-refractivity contribution in [3.63, 3.8) is 0 Å². The zero-order valence-electron chi connectivity index (χ0n) is 13.1. The van der Waals surface area contributed by atoms with Gasteiger partial charge in [0.25, 0.3) is 5.91 Å². The molecule has 0 radical (unpaired) electrons. The number of carboxylic acids is 1. The van der Waals surface area contributed by atoms with Gasteiger partial charge in [-0.3, -0.25) is 9.78 Å². The third kappa shape index (κ3) is 3.13. The number of carbonyl (C=O) groups excluding carboxylic acids is 1. The average molecular weight is 328 g/mol. The third-order valence-corrected chi connectivity index (χ3v) is 4.48. The average Bonchev–Trinajstić information content (AvgIpc) is 3.31. The van der Waals surface area contributed by atoms with E-state index in [9.17, 15) is 19.1 Å². The number of nitrogens with zero attached hydrogens (tertiary/aromatic N) is 1. The molecule has 2 aromatic rings. The van der Waals surface area contributed by atoms with E-state index in [1.807, 2.05) is 6.92 Å². The number of hydrogen-bond donors (Lipinski definition) is 2. The molecule has 3 rings (SSSR count). The van der Waals surface area contributed by atoms with Gasteiger partial charge in [0.2, 0.25) is 0 Å². The van der Waals surface area contributed by atoms with Crippen molar-refractivity contribution in [1.82, 2.24) is 10.3 Å². The van der Waals surface area contributed by atoms with E-state index >= 15 is 0 Å². The Balaban J connectivity index is 1.81. The van der Waals surface area contributed by atoms with Crippen LogP contribution in [0.5, 0.6) is 0 Å². The molecule has 1 aliphatic rings. The van der Waals surface area contributed by atoms with Crippen LogP contribution >= 0.6 is 0 Å². The summed E-state index contributed by atoms with van der Waals surface area (Å²) >= 11 is 0. The number of halogens is 1. The van der Waals surface area contributed by atoms with Crippen LogP contribution in [0.15, 0.2) is 42.7 Å². The molecule has 0 saturated heterocycles. The summed E-state index contributed by atoms with van der Waals surface area (Å²) < 4.78 is 14.3. The van der Waals surface area contributed by atoms with Gasteiger partial charge in [0.05, 0.1) is 0 Å². The lowest BCUT2D eigenvalue weighted by atomic mass is 9.98. The number of pyridine rings is 1. The van der Waals surface area contributed by atoms with E-state index in [1.165, 1.54) is 12.1 Å². The van der Waals surface area contributed by atoms with Gasteiger partial charge in [-0.15, -0.1) is 0 Å². The minimum atomic E-state index is -1.07. The predicted molar refractivity (Wildman–Crippen MR) is 85.9 cm³/mol. The van der Waals surface area contributed by atoms with Gasteiger partial charge in [-0.2, -0.15) is 0 Å². The highest BCUT2D eigenvalue weighted by Crippen LogP contribution is 2.48. The highest BCUT2D eigenvalue weighted by Gasteiger charge is 2.49. The van der Waals surface area contributed by atoms with E-state index < -0.39 is 29.2 Å². The SMILES string of the molecule is CC1(C(NC(=O)c2ccc(-c3ccncc3)c(F)c2)C(=O)O)CC1. The molecule has 1 aromatic heterocycles. The van der Waals surface area contributed by atoms with Crippen LogP contribution in [-0.4, -0.2) is 28.0 Å². The maximum atomic E-state index is 14.3. The van der Waals surface area contributed by atoms with Gasteiger partial charge in [-0.1, -0.05) is 13.0 Å². The van der Waals surface area contributed by atoms with Crippen molar-refractivity contribution in [3.05, 3.63) is 54.1 Å². The van der Waals surface area contributed by atoms with Crippen LogP contribution in [0.3, 0.4) is 0 Å². The molecule has 1 aliphatic carbocycles.